The highest BCUT2D eigenvalue weighted by Gasteiger charge is 2.37. The molecule has 1 fully saturated rings. The van der Waals surface area contributed by atoms with Crippen LogP contribution in [-0.4, -0.2) is 23.3 Å². The number of benzene rings is 1. The minimum atomic E-state index is -0.281. The van der Waals surface area contributed by atoms with Crippen LogP contribution >= 0.6 is 11.6 Å². The van der Waals surface area contributed by atoms with Crippen LogP contribution in [0.2, 0.25) is 5.02 Å². The third-order valence-corrected chi connectivity index (χ3v) is 4.24. The second kappa shape index (κ2) is 4.51. The quantitative estimate of drug-likeness (QED) is 0.829. The van der Waals surface area contributed by atoms with Gasteiger partial charge in [-0.05, 0) is 51.3 Å². The highest BCUT2D eigenvalue weighted by molar-refractivity contribution is 6.31. The van der Waals surface area contributed by atoms with Crippen LogP contribution in [0.5, 0.6) is 0 Å². The minimum absolute atomic E-state index is 0.225. The Morgan fingerprint density at radius 2 is 2.12 bits per heavy atom. The Kier molecular flexibility index (Phi) is 3.37. The van der Waals surface area contributed by atoms with E-state index in [1.54, 1.807) is 0 Å². The average molecular weight is 254 g/mol. The first-order valence-electron chi connectivity index (χ1n) is 6.15. The third-order valence-electron chi connectivity index (χ3n) is 3.84. The number of piperidine rings is 1. The van der Waals surface area contributed by atoms with Crippen LogP contribution in [-0.2, 0) is 0 Å². The van der Waals surface area contributed by atoms with Crippen LogP contribution in [0.15, 0.2) is 18.2 Å². The Morgan fingerprint density at radius 3 is 2.76 bits per heavy atom. The molecule has 17 heavy (non-hydrogen) atoms. The van der Waals surface area contributed by atoms with E-state index in [4.69, 9.17) is 11.6 Å². The molecule has 1 unspecified atom stereocenters. The molecule has 2 rings (SSSR count). The summed E-state index contributed by atoms with van der Waals surface area (Å²) in [5.74, 6) is 0. The molecule has 0 spiro atoms. The van der Waals surface area contributed by atoms with Gasteiger partial charge in [-0.2, -0.15) is 0 Å². The van der Waals surface area contributed by atoms with Gasteiger partial charge in [0, 0.05) is 17.3 Å². The second-order valence-electron chi connectivity index (χ2n) is 5.40. The van der Waals surface area contributed by atoms with Gasteiger partial charge < -0.3 is 10.0 Å². The summed E-state index contributed by atoms with van der Waals surface area (Å²) < 4.78 is 0. The van der Waals surface area contributed by atoms with Crippen molar-refractivity contribution in [1.29, 1.82) is 0 Å². The van der Waals surface area contributed by atoms with Crippen molar-refractivity contribution < 1.29 is 5.11 Å². The van der Waals surface area contributed by atoms with Crippen molar-refractivity contribution in [2.45, 2.75) is 45.3 Å². The van der Waals surface area contributed by atoms with E-state index in [0.717, 1.165) is 35.7 Å². The van der Waals surface area contributed by atoms with Crippen molar-refractivity contribution >= 4 is 17.3 Å². The van der Waals surface area contributed by atoms with Crippen molar-refractivity contribution in [3.63, 3.8) is 0 Å². The van der Waals surface area contributed by atoms with Gasteiger partial charge in [0.15, 0.2) is 0 Å². The molecule has 0 saturated carbocycles. The average Bonchev–Trinajstić information content (AvgIpc) is 2.26. The molecule has 1 aromatic carbocycles. The minimum Gasteiger partial charge on any atom is -0.391 e. The lowest BCUT2D eigenvalue weighted by Crippen LogP contribution is -2.56. The number of aryl methyl sites for hydroxylation is 1. The molecule has 1 N–H and O–H groups in total. The number of aliphatic hydroxyl groups is 1. The van der Waals surface area contributed by atoms with Gasteiger partial charge in [-0.25, -0.2) is 0 Å². The molecule has 1 aromatic rings. The molecule has 1 heterocycles. The standard InChI is InChI=1S/C14H20ClNO/c1-10-6-7-11(9-12(10)15)16-8-4-5-13(17)14(16,2)3/h6-7,9,13,17H,4-5,8H2,1-3H3. The molecular formula is C14H20ClNO. The smallest absolute Gasteiger partial charge is 0.0767 e. The maximum Gasteiger partial charge on any atom is 0.0767 e. The number of hydrogen-bond donors (Lipinski definition) is 1. The van der Waals surface area contributed by atoms with E-state index >= 15 is 0 Å². The lowest BCUT2D eigenvalue weighted by molar-refractivity contribution is 0.0712. The van der Waals surface area contributed by atoms with E-state index in [9.17, 15) is 5.11 Å². The summed E-state index contributed by atoms with van der Waals surface area (Å²) in [5, 5.41) is 10.9. The Hall–Kier alpha value is -0.730. The van der Waals surface area contributed by atoms with E-state index in [2.05, 4.69) is 24.8 Å². The molecule has 94 valence electrons. The number of hydrogen-bond acceptors (Lipinski definition) is 2. The van der Waals surface area contributed by atoms with Gasteiger partial charge in [0.2, 0.25) is 0 Å². The molecular weight excluding hydrogens is 234 g/mol. The van der Waals surface area contributed by atoms with Gasteiger partial charge in [-0.1, -0.05) is 17.7 Å². The highest BCUT2D eigenvalue weighted by Crippen LogP contribution is 2.34. The normalized spacial score (nSPS) is 23.8. The third kappa shape index (κ3) is 2.29. The number of rotatable bonds is 1. The predicted octanol–water partition coefficient (Wildman–Crippen LogP) is 3.39. The zero-order valence-corrected chi connectivity index (χ0v) is 11.5. The Balaban J connectivity index is 2.35. The first-order chi connectivity index (χ1) is 7.93. The fraction of sp³-hybridized carbons (Fsp3) is 0.571. The van der Waals surface area contributed by atoms with Crippen molar-refractivity contribution in [1.82, 2.24) is 0 Å². The van der Waals surface area contributed by atoms with Gasteiger partial charge in [0.05, 0.1) is 11.6 Å². The summed E-state index contributed by atoms with van der Waals surface area (Å²) in [6, 6.07) is 6.12. The highest BCUT2D eigenvalue weighted by atomic mass is 35.5. The molecule has 0 aliphatic carbocycles. The van der Waals surface area contributed by atoms with Crippen LogP contribution in [0.25, 0.3) is 0 Å². The fourth-order valence-corrected chi connectivity index (χ4v) is 2.65. The number of nitrogens with zero attached hydrogens (tertiary/aromatic N) is 1. The molecule has 1 saturated heterocycles. The molecule has 1 atom stereocenters. The summed E-state index contributed by atoms with van der Waals surface area (Å²) in [5.41, 5.74) is 1.96. The van der Waals surface area contributed by atoms with Crippen LogP contribution < -0.4 is 4.90 Å². The Labute approximate surface area is 108 Å². The number of aliphatic hydroxyl groups excluding tert-OH is 1. The molecule has 1 aliphatic rings. The van der Waals surface area contributed by atoms with Crippen molar-refractivity contribution in [2.75, 3.05) is 11.4 Å². The first kappa shape index (κ1) is 12.7. The largest absolute Gasteiger partial charge is 0.391 e. The molecule has 0 aromatic heterocycles. The van der Waals surface area contributed by atoms with Crippen molar-refractivity contribution in [3.05, 3.63) is 28.8 Å². The summed E-state index contributed by atoms with van der Waals surface area (Å²) in [6.45, 7) is 7.15. The predicted molar refractivity (Wildman–Crippen MR) is 72.9 cm³/mol. The van der Waals surface area contributed by atoms with Crippen LogP contribution in [0.3, 0.4) is 0 Å². The maximum atomic E-state index is 10.1. The van der Waals surface area contributed by atoms with E-state index in [-0.39, 0.29) is 11.6 Å². The van der Waals surface area contributed by atoms with Crippen LogP contribution in [0, 0.1) is 6.92 Å². The molecule has 1 aliphatic heterocycles. The molecule has 0 bridgehead atoms. The van der Waals surface area contributed by atoms with Crippen LogP contribution in [0.1, 0.15) is 32.3 Å². The molecule has 2 nitrogen and oxygen atoms in total. The van der Waals surface area contributed by atoms with Gasteiger partial charge in [-0.3, -0.25) is 0 Å². The monoisotopic (exact) mass is 253 g/mol. The van der Waals surface area contributed by atoms with Gasteiger partial charge >= 0.3 is 0 Å². The van der Waals surface area contributed by atoms with E-state index < -0.39 is 0 Å². The number of halogens is 1. The van der Waals surface area contributed by atoms with Crippen molar-refractivity contribution in [2.24, 2.45) is 0 Å². The van der Waals surface area contributed by atoms with E-state index in [1.165, 1.54) is 0 Å². The lowest BCUT2D eigenvalue weighted by Gasteiger charge is -2.47. The summed E-state index contributed by atoms with van der Waals surface area (Å²) >= 11 is 6.17. The Bertz CT molecular complexity index is 417. The lowest BCUT2D eigenvalue weighted by atomic mass is 9.86. The van der Waals surface area contributed by atoms with Gasteiger partial charge in [-0.15, -0.1) is 0 Å². The summed E-state index contributed by atoms with van der Waals surface area (Å²) in [4.78, 5) is 2.26. The first-order valence-corrected chi connectivity index (χ1v) is 6.52. The van der Waals surface area contributed by atoms with E-state index in [0.29, 0.717) is 0 Å². The molecule has 0 radical (unpaired) electrons. The maximum absolute atomic E-state index is 10.1. The van der Waals surface area contributed by atoms with Crippen LogP contribution in [0.4, 0.5) is 5.69 Å². The summed E-state index contributed by atoms with van der Waals surface area (Å²) in [7, 11) is 0. The Morgan fingerprint density at radius 1 is 1.41 bits per heavy atom. The van der Waals surface area contributed by atoms with E-state index in [1.807, 2.05) is 19.1 Å². The second-order valence-corrected chi connectivity index (χ2v) is 5.80. The topological polar surface area (TPSA) is 23.5 Å². The zero-order valence-electron chi connectivity index (χ0n) is 10.7. The fourth-order valence-electron chi connectivity index (χ4n) is 2.48. The molecule has 3 heteroatoms. The summed E-state index contributed by atoms with van der Waals surface area (Å²) in [6.07, 6.45) is 1.62. The SMILES string of the molecule is Cc1ccc(N2CCCC(O)C2(C)C)cc1Cl. The van der Waals surface area contributed by atoms with Gasteiger partial charge in [0.25, 0.3) is 0 Å². The zero-order chi connectivity index (χ0) is 12.6. The number of anilines is 1. The van der Waals surface area contributed by atoms with Gasteiger partial charge in [0.1, 0.15) is 0 Å². The van der Waals surface area contributed by atoms with Crippen molar-refractivity contribution in [3.8, 4) is 0 Å². The molecule has 0 amide bonds.